The van der Waals surface area contributed by atoms with Crippen molar-refractivity contribution >= 4 is 22.6 Å². The second kappa shape index (κ2) is 8.04. The standard InChI is InChI=1S/C21H21NO6/c1-12-7-20(23)28-19-11-15(5-6-18(12)19)27-13(2)21(24)22-14-8-16(25-3)10-17(9-14)26-4/h5-11,13H,1-4H3,(H,22,24). The van der Waals surface area contributed by atoms with Crippen molar-refractivity contribution in [3.05, 3.63) is 58.4 Å². The van der Waals surface area contributed by atoms with Gasteiger partial charge >= 0.3 is 5.63 Å². The Kier molecular flexibility index (Phi) is 5.54. The Morgan fingerprint density at radius 2 is 1.68 bits per heavy atom. The number of hydrogen-bond donors (Lipinski definition) is 1. The molecule has 0 aliphatic heterocycles. The van der Waals surface area contributed by atoms with Gasteiger partial charge in [0.05, 0.1) is 14.2 Å². The van der Waals surface area contributed by atoms with Gasteiger partial charge in [-0.25, -0.2) is 4.79 Å². The lowest BCUT2D eigenvalue weighted by molar-refractivity contribution is -0.122. The molecule has 0 aliphatic carbocycles. The van der Waals surface area contributed by atoms with E-state index in [-0.39, 0.29) is 5.91 Å². The first-order valence-corrected chi connectivity index (χ1v) is 8.64. The second-order valence-electron chi connectivity index (χ2n) is 6.26. The first-order valence-electron chi connectivity index (χ1n) is 8.64. The minimum absolute atomic E-state index is 0.346. The Morgan fingerprint density at radius 1 is 1.00 bits per heavy atom. The van der Waals surface area contributed by atoms with Crippen molar-refractivity contribution in [3.63, 3.8) is 0 Å². The van der Waals surface area contributed by atoms with Gasteiger partial charge in [-0.3, -0.25) is 4.79 Å². The van der Waals surface area contributed by atoms with Crippen molar-refractivity contribution in [2.45, 2.75) is 20.0 Å². The summed E-state index contributed by atoms with van der Waals surface area (Å²) in [6.45, 7) is 3.46. The molecule has 0 spiro atoms. The molecule has 1 atom stereocenters. The van der Waals surface area contributed by atoms with Crippen LogP contribution in [0.4, 0.5) is 5.69 Å². The number of amides is 1. The van der Waals surface area contributed by atoms with E-state index in [0.717, 1.165) is 10.9 Å². The normalized spacial score (nSPS) is 11.7. The average molecular weight is 383 g/mol. The van der Waals surface area contributed by atoms with Gasteiger partial charge in [0.1, 0.15) is 22.8 Å². The summed E-state index contributed by atoms with van der Waals surface area (Å²) in [4.78, 5) is 24.1. The molecule has 1 N–H and O–H groups in total. The Balaban J connectivity index is 1.75. The fourth-order valence-corrected chi connectivity index (χ4v) is 2.76. The van der Waals surface area contributed by atoms with Crippen LogP contribution in [0.2, 0.25) is 0 Å². The van der Waals surface area contributed by atoms with Gasteiger partial charge in [0.25, 0.3) is 5.91 Å². The zero-order valence-electron chi connectivity index (χ0n) is 16.1. The summed E-state index contributed by atoms with van der Waals surface area (Å²) in [6.07, 6.45) is -0.786. The number of ether oxygens (including phenoxy) is 3. The second-order valence-corrected chi connectivity index (χ2v) is 6.26. The Morgan fingerprint density at radius 3 is 2.32 bits per heavy atom. The number of nitrogens with one attached hydrogen (secondary N) is 1. The van der Waals surface area contributed by atoms with Gasteiger partial charge in [-0.2, -0.15) is 0 Å². The molecule has 0 saturated heterocycles. The molecule has 28 heavy (non-hydrogen) atoms. The van der Waals surface area contributed by atoms with Crippen LogP contribution in [0.3, 0.4) is 0 Å². The highest BCUT2D eigenvalue weighted by Crippen LogP contribution is 2.26. The van der Waals surface area contributed by atoms with Gasteiger partial charge < -0.3 is 23.9 Å². The highest BCUT2D eigenvalue weighted by molar-refractivity contribution is 5.94. The van der Waals surface area contributed by atoms with Gasteiger partial charge in [-0.05, 0) is 31.5 Å². The number of rotatable bonds is 6. The maximum Gasteiger partial charge on any atom is 0.336 e. The van der Waals surface area contributed by atoms with E-state index in [2.05, 4.69) is 5.32 Å². The molecular weight excluding hydrogens is 362 g/mol. The maximum atomic E-state index is 12.5. The molecular formula is C21H21NO6. The van der Waals surface area contributed by atoms with Gasteiger partial charge in [-0.15, -0.1) is 0 Å². The van der Waals surface area contributed by atoms with E-state index in [0.29, 0.717) is 28.5 Å². The van der Waals surface area contributed by atoms with Crippen molar-refractivity contribution in [2.24, 2.45) is 0 Å². The molecule has 2 aromatic carbocycles. The maximum absolute atomic E-state index is 12.5. The van der Waals surface area contributed by atoms with Gasteiger partial charge in [0, 0.05) is 41.4 Å². The van der Waals surface area contributed by atoms with Gasteiger partial charge in [0.15, 0.2) is 6.10 Å². The molecule has 0 saturated carbocycles. The molecule has 0 radical (unpaired) electrons. The molecule has 7 heteroatoms. The molecule has 146 valence electrons. The highest BCUT2D eigenvalue weighted by Gasteiger charge is 2.16. The molecule has 0 fully saturated rings. The number of carbonyl (C=O) groups excluding carboxylic acids is 1. The monoisotopic (exact) mass is 383 g/mol. The number of fused-ring (bicyclic) bond motifs is 1. The van der Waals surface area contributed by atoms with E-state index in [1.165, 1.54) is 20.3 Å². The minimum Gasteiger partial charge on any atom is -0.497 e. The molecule has 1 aromatic heterocycles. The summed E-state index contributed by atoms with van der Waals surface area (Å²) in [6, 6.07) is 11.6. The minimum atomic E-state index is -0.786. The molecule has 0 bridgehead atoms. The predicted octanol–water partition coefficient (Wildman–Crippen LogP) is 3.52. The number of methoxy groups -OCH3 is 2. The van der Waals surface area contributed by atoms with Gasteiger partial charge in [0.2, 0.25) is 0 Å². The van der Waals surface area contributed by atoms with Crippen LogP contribution in [0.15, 0.2) is 51.7 Å². The molecule has 1 unspecified atom stereocenters. The molecule has 0 aliphatic rings. The van der Waals surface area contributed by atoms with Crippen LogP contribution in [0.5, 0.6) is 17.2 Å². The fourth-order valence-electron chi connectivity index (χ4n) is 2.76. The van der Waals surface area contributed by atoms with E-state index in [1.807, 2.05) is 6.92 Å². The number of carbonyl (C=O) groups is 1. The highest BCUT2D eigenvalue weighted by atomic mass is 16.5. The van der Waals surface area contributed by atoms with Crippen LogP contribution in [0.1, 0.15) is 12.5 Å². The molecule has 1 amide bonds. The van der Waals surface area contributed by atoms with E-state index >= 15 is 0 Å². The summed E-state index contributed by atoms with van der Waals surface area (Å²) in [5.41, 5.74) is 1.32. The first-order chi connectivity index (χ1) is 13.4. The van der Waals surface area contributed by atoms with E-state index in [1.54, 1.807) is 43.3 Å². The number of aryl methyl sites for hydroxylation is 1. The number of anilines is 1. The quantitative estimate of drug-likeness (QED) is 0.656. The molecule has 7 nitrogen and oxygen atoms in total. The van der Waals surface area contributed by atoms with E-state index in [9.17, 15) is 9.59 Å². The lowest BCUT2D eigenvalue weighted by Gasteiger charge is -2.16. The lowest BCUT2D eigenvalue weighted by Crippen LogP contribution is -2.30. The zero-order valence-corrected chi connectivity index (χ0v) is 16.1. The first kappa shape index (κ1) is 19.3. The van der Waals surface area contributed by atoms with Crippen LogP contribution >= 0.6 is 0 Å². The van der Waals surface area contributed by atoms with Crippen molar-refractivity contribution in [1.82, 2.24) is 0 Å². The van der Waals surface area contributed by atoms with Crippen molar-refractivity contribution in [2.75, 3.05) is 19.5 Å². The summed E-state index contributed by atoms with van der Waals surface area (Å²) < 4.78 is 21.3. The summed E-state index contributed by atoms with van der Waals surface area (Å²) >= 11 is 0. The average Bonchev–Trinajstić information content (AvgIpc) is 2.67. The SMILES string of the molecule is COc1cc(NC(=O)C(C)Oc2ccc3c(C)cc(=O)oc3c2)cc(OC)c1. The third-order valence-electron chi connectivity index (χ3n) is 4.22. The van der Waals surface area contributed by atoms with Gasteiger partial charge in [-0.1, -0.05) is 0 Å². The molecule has 1 heterocycles. The van der Waals surface area contributed by atoms with Crippen molar-refractivity contribution in [1.29, 1.82) is 0 Å². The number of benzene rings is 2. The predicted molar refractivity (Wildman–Crippen MR) is 105 cm³/mol. The molecule has 3 rings (SSSR count). The third-order valence-corrected chi connectivity index (χ3v) is 4.22. The van der Waals surface area contributed by atoms with Crippen LogP contribution in [-0.4, -0.2) is 26.2 Å². The van der Waals surface area contributed by atoms with Crippen LogP contribution < -0.4 is 25.2 Å². The topological polar surface area (TPSA) is 87.0 Å². The summed E-state index contributed by atoms with van der Waals surface area (Å²) in [5, 5.41) is 3.58. The fraction of sp³-hybridized carbons (Fsp3) is 0.238. The van der Waals surface area contributed by atoms with Crippen LogP contribution in [0, 0.1) is 6.92 Å². The Labute approximate surface area is 161 Å². The van der Waals surface area contributed by atoms with Crippen LogP contribution in [0.25, 0.3) is 11.0 Å². The zero-order chi connectivity index (χ0) is 20.3. The van der Waals surface area contributed by atoms with Crippen LogP contribution in [-0.2, 0) is 4.79 Å². The Bertz CT molecular complexity index is 1050. The molecule has 3 aromatic rings. The smallest absolute Gasteiger partial charge is 0.336 e. The summed E-state index contributed by atoms with van der Waals surface area (Å²) in [5.74, 6) is 1.19. The van der Waals surface area contributed by atoms with E-state index < -0.39 is 11.7 Å². The van der Waals surface area contributed by atoms with Crippen molar-refractivity contribution < 1.29 is 23.4 Å². The van der Waals surface area contributed by atoms with E-state index in [4.69, 9.17) is 18.6 Å². The summed E-state index contributed by atoms with van der Waals surface area (Å²) in [7, 11) is 3.07. The van der Waals surface area contributed by atoms with Crippen molar-refractivity contribution in [3.8, 4) is 17.2 Å². The lowest BCUT2D eigenvalue weighted by atomic mass is 10.1. The number of hydrogen-bond acceptors (Lipinski definition) is 6. The largest absolute Gasteiger partial charge is 0.497 e. The third kappa shape index (κ3) is 4.25. The Hall–Kier alpha value is -3.48.